The predicted molar refractivity (Wildman–Crippen MR) is 68.9 cm³/mol. The first-order valence-electron chi connectivity index (χ1n) is 6.16. The van der Waals surface area contributed by atoms with Crippen LogP contribution in [0, 0.1) is 0 Å². The van der Waals surface area contributed by atoms with Crippen molar-refractivity contribution in [1.29, 1.82) is 0 Å². The van der Waals surface area contributed by atoms with E-state index in [4.69, 9.17) is 10.8 Å². The van der Waals surface area contributed by atoms with Crippen LogP contribution in [-0.4, -0.2) is 25.8 Å². The Morgan fingerprint density at radius 2 is 2.32 bits per heavy atom. The van der Waals surface area contributed by atoms with Crippen LogP contribution in [0.25, 0.3) is 0 Å². The molecule has 19 heavy (non-hydrogen) atoms. The molecular formula is C13H14N4O2. The zero-order valence-electron chi connectivity index (χ0n) is 10.3. The Hall–Kier alpha value is -2.37. The molecule has 1 aliphatic rings. The summed E-state index contributed by atoms with van der Waals surface area (Å²) in [6, 6.07) is 7.08. The Morgan fingerprint density at radius 1 is 1.47 bits per heavy atom. The van der Waals surface area contributed by atoms with Gasteiger partial charge in [0.05, 0.1) is 5.56 Å². The number of nitrogen functional groups attached to an aromatic ring is 1. The van der Waals surface area contributed by atoms with Crippen LogP contribution < -0.4 is 5.73 Å². The lowest BCUT2D eigenvalue weighted by atomic mass is 9.91. The van der Waals surface area contributed by atoms with Crippen LogP contribution in [0.1, 0.15) is 34.1 Å². The minimum absolute atomic E-state index is 0.257. The van der Waals surface area contributed by atoms with E-state index >= 15 is 0 Å². The number of aryl methyl sites for hydroxylation is 1. The minimum atomic E-state index is -0.900. The van der Waals surface area contributed by atoms with Crippen molar-refractivity contribution >= 4 is 11.9 Å². The standard InChI is InChI=1S/C13H14N4O2/c14-13-15-11-5-4-10(7-17(11)16-13)8-2-1-3-9(6-8)12(18)19/h1-3,6,10H,4-5,7H2,(H2,14,16)(H,18,19). The van der Waals surface area contributed by atoms with E-state index in [9.17, 15) is 4.79 Å². The lowest BCUT2D eigenvalue weighted by molar-refractivity contribution is 0.0696. The predicted octanol–water partition coefficient (Wildman–Crippen LogP) is 1.29. The van der Waals surface area contributed by atoms with Crippen molar-refractivity contribution in [2.75, 3.05) is 5.73 Å². The number of aromatic nitrogens is 3. The first-order chi connectivity index (χ1) is 9.13. The summed E-state index contributed by atoms with van der Waals surface area (Å²) in [5.41, 5.74) is 6.93. The number of carbonyl (C=O) groups is 1. The third-order valence-electron chi connectivity index (χ3n) is 3.48. The molecule has 0 saturated heterocycles. The Balaban J connectivity index is 1.88. The monoisotopic (exact) mass is 258 g/mol. The molecule has 0 saturated carbocycles. The maximum atomic E-state index is 11.0. The third-order valence-corrected chi connectivity index (χ3v) is 3.48. The van der Waals surface area contributed by atoms with E-state index in [1.807, 2.05) is 10.7 Å². The van der Waals surface area contributed by atoms with E-state index in [2.05, 4.69) is 10.1 Å². The maximum Gasteiger partial charge on any atom is 0.335 e. The molecule has 0 fully saturated rings. The normalized spacial score (nSPS) is 18.0. The van der Waals surface area contributed by atoms with Gasteiger partial charge in [-0.2, -0.15) is 4.98 Å². The number of carboxylic acid groups (broad SMARTS) is 1. The Labute approximate surface area is 109 Å². The molecule has 6 nitrogen and oxygen atoms in total. The summed E-state index contributed by atoms with van der Waals surface area (Å²) in [4.78, 5) is 15.2. The number of hydrogen-bond acceptors (Lipinski definition) is 4. The molecule has 0 amide bonds. The highest BCUT2D eigenvalue weighted by Crippen LogP contribution is 2.28. The number of benzene rings is 1. The SMILES string of the molecule is Nc1nc2n(n1)CC(c1cccc(C(=O)O)c1)CC2. The van der Waals surface area contributed by atoms with Crippen LogP contribution in [0.4, 0.5) is 5.95 Å². The topological polar surface area (TPSA) is 94.0 Å². The fraction of sp³-hybridized carbons (Fsp3) is 0.308. The van der Waals surface area contributed by atoms with Crippen molar-refractivity contribution in [2.45, 2.75) is 25.3 Å². The van der Waals surface area contributed by atoms with Crippen molar-refractivity contribution in [3.05, 3.63) is 41.2 Å². The van der Waals surface area contributed by atoms with E-state index < -0.39 is 5.97 Å². The molecular weight excluding hydrogens is 244 g/mol. The molecule has 98 valence electrons. The molecule has 1 aliphatic heterocycles. The number of anilines is 1. The van der Waals surface area contributed by atoms with Crippen LogP contribution in [0.3, 0.4) is 0 Å². The summed E-state index contributed by atoms with van der Waals surface area (Å²) < 4.78 is 1.82. The summed E-state index contributed by atoms with van der Waals surface area (Å²) in [6.07, 6.45) is 1.74. The Morgan fingerprint density at radius 3 is 3.11 bits per heavy atom. The largest absolute Gasteiger partial charge is 0.478 e. The summed E-state index contributed by atoms with van der Waals surface area (Å²) in [5.74, 6) is 0.564. The fourth-order valence-corrected chi connectivity index (χ4v) is 2.53. The average Bonchev–Trinajstić information content (AvgIpc) is 2.77. The van der Waals surface area contributed by atoms with Gasteiger partial charge in [0.15, 0.2) is 0 Å². The van der Waals surface area contributed by atoms with Gasteiger partial charge in [0.25, 0.3) is 0 Å². The van der Waals surface area contributed by atoms with Gasteiger partial charge < -0.3 is 10.8 Å². The molecule has 0 aliphatic carbocycles. The number of aromatic carboxylic acids is 1. The third kappa shape index (κ3) is 2.16. The van der Waals surface area contributed by atoms with Gasteiger partial charge in [-0.25, -0.2) is 9.48 Å². The number of nitrogens with zero attached hydrogens (tertiary/aromatic N) is 3. The van der Waals surface area contributed by atoms with Gasteiger partial charge in [0.1, 0.15) is 5.82 Å². The lowest BCUT2D eigenvalue weighted by Gasteiger charge is -2.22. The van der Waals surface area contributed by atoms with Gasteiger partial charge in [0, 0.05) is 18.9 Å². The second-order valence-corrected chi connectivity index (χ2v) is 4.73. The van der Waals surface area contributed by atoms with Crippen molar-refractivity contribution < 1.29 is 9.90 Å². The molecule has 1 aromatic heterocycles. The summed E-state index contributed by atoms with van der Waals surface area (Å²) in [6.45, 7) is 0.697. The molecule has 1 atom stereocenters. The van der Waals surface area contributed by atoms with E-state index in [1.165, 1.54) is 0 Å². The van der Waals surface area contributed by atoms with E-state index in [1.54, 1.807) is 18.2 Å². The second kappa shape index (κ2) is 4.38. The Bertz CT molecular complexity index is 635. The molecule has 1 unspecified atom stereocenters. The molecule has 1 aromatic carbocycles. The zero-order chi connectivity index (χ0) is 13.4. The highest BCUT2D eigenvalue weighted by molar-refractivity contribution is 5.87. The summed E-state index contributed by atoms with van der Waals surface area (Å²) >= 11 is 0. The molecule has 3 N–H and O–H groups in total. The summed E-state index contributed by atoms with van der Waals surface area (Å²) in [7, 11) is 0. The van der Waals surface area contributed by atoms with Gasteiger partial charge in [-0.05, 0) is 24.1 Å². The minimum Gasteiger partial charge on any atom is -0.478 e. The molecule has 2 aromatic rings. The smallest absolute Gasteiger partial charge is 0.335 e. The number of fused-ring (bicyclic) bond motifs is 1. The van der Waals surface area contributed by atoms with Crippen LogP contribution in [-0.2, 0) is 13.0 Å². The molecule has 0 radical (unpaired) electrons. The lowest BCUT2D eigenvalue weighted by Crippen LogP contribution is -2.20. The van der Waals surface area contributed by atoms with Gasteiger partial charge in [0.2, 0.25) is 5.95 Å². The average molecular weight is 258 g/mol. The van der Waals surface area contributed by atoms with Gasteiger partial charge in [-0.1, -0.05) is 12.1 Å². The van der Waals surface area contributed by atoms with Crippen LogP contribution in [0.2, 0.25) is 0 Å². The molecule has 0 spiro atoms. The molecule has 0 bridgehead atoms. The van der Waals surface area contributed by atoms with Crippen molar-refractivity contribution in [3.63, 3.8) is 0 Å². The number of nitrogens with two attached hydrogens (primary N) is 1. The van der Waals surface area contributed by atoms with Crippen LogP contribution in [0.5, 0.6) is 0 Å². The zero-order valence-corrected chi connectivity index (χ0v) is 10.3. The van der Waals surface area contributed by atoms with Crippen molar-refractivity contribution in [1.82, 2.24) is 14.8 Å². The van der Waals surface area contributed by atoms with Crippen LogP contribution in [0.15, 0.2) is 24.3 Å². The fourth-order valence-electron chi connectivity index (χ4n) is 2.53. The molecule has 3 rings (SSSR count). The number of carboxylic acids is 1. The van der Waals surface area contributed by atoms with E-state index in [0.717, 1.165) is 24.2 Å². The first-order valence-corrected chi connectivity index (χ1v) is 6.16. The van der Waals surface area contributed by atoms with E-state index in [0.29, 0.717) is 18.1 Å². The van der Waals surface area contributed by atoms with Gasteiger partial charge in [-0.15, -0.1) is 5.10 Å². The highest BCUT2D eigenvalue weighted by atomic mass is 16.4. The molecule has 6 heteroatoms. The van der Waals surface area contributed by atoms with Crippen molar-refractivity contribution in [3.8, 4) is 0 Å². The maximum absolute atomic E-state index is 11.0. The van der Waals surface area contributed by atoms with Gasteiger partial charge in [-0.3, -0.25) is 0 Å². The second-order valence-electron chi connectivity index (χ2n) is 4.73. The number of rotatable bonds is 2. The molecule has 2 heterocycles. The number of hydrogen-bond donors (Lipinski definition) is 2. The quantitative estimate of drug-likeness (QED) is 0.846. The highest BCUT2D eigenvalue weighted by Gasteiger charge is 2.22. The van der Waals surface area contributed by atoms with E-state index in [-0.39, 0.29) is 5.92 Å². The summed E-state index contributed by atoms with van der Waals surface area (Å²) in [5, 5.41) is 13.2. The Kier molecular flexibility index (Phi) is 2.70. The van der Waals surface area contributed by atoms with Crippen LogP contribution >= 0.6 is 0 Å². The van der Waals surface area contributed by atoms with Crippen molar-refractivity contribution in [2.24, 2.45) is 0 Å². The van der Waals surface area contributed by atoms with Gasteiger partial charge >= 0.3 is 5.97 Å². The first kappa shape index (κ1) is 11.7.